The Morgan fingerprint density at radius 2 is 1.97 bits per heavy atom. The molecular formula is C21H26N6O4. The molecule has 31 heavy (non-hydrogen) atoms. The monoisotopic (exact) mass is 426 g/mol. The summed E-state index contributed by atoms with van der Waals surface area (Å²) in [6.45, 7) is 5.49. The molecule has 0 saturated carbocycles. The van der Waals surface area contributed by atoms with Gasteiger partial charge in [-0.25, -0.2) is 9.78 Å². The molecule has 10 heteroatoms. The number of benzene rings is 1. The van der Waals surface area contributed by atoms with Gasteiger partial charge in [0, 0.05) is 18.5 Å². The lowest BCUT2D eigenvalue weighted by molar-refractivity contribution is -0.124. The molecule has 2 aromatic rings. The van der Waals surface area contributed by atoms with Gasteiger partial charge in [0.05, 0.1) is 6.20 Å². The van der Waals surface area contributed by atoms with Gasteiger partial charge in [-0.2, -0.15) is 4.99 Å². The Balaban J connectivity index is 1.62. The van der Waals surface area contributed by atoms with Crippen molar-refractivity contribution in [2.24, 2.45) is 10.7 Å². The molecule has 164 valence electrons. The number of nitrogens with zero attached hydrogens (tertiary/aromatic N) is 3. The zero-order valence-corrected chi connectivity index (χ0v) is 17.7. The molecule has 1 aromatic heterocycles. The minimum Gasteiger partial charge on any atom is -0.442 e. The average molecular weight is 426 g/mol. The third kappa shape index (κ3) is 5.27. The second kappa shape index (κ2) is 8.58. The molecule has 0 fully saturated rings. The standard InChI is InChI=1S/C21H26N6O4/c1-21(2,3)31-20(30)26-17(23)13-6-4-12(5-7-13)10-25-18(28)15-8-9-16-24-11-14(22)19(29)27(15)16/h4-7,11,15H,8-10,22H2,1-3H3,(H,25,28)(H2,23,26,30)/t15-/m0/s1. The molecule has 0 spiro atoms. The molecule has 0 bridgehead atoms. The summed E-state index contributed by atoms with van der Waals surface area (Å²) in [6, 6.07) is 6.30. The lowest BCUT2D eigenvalue weighted by Crippen LogP contribution is -2.36. The van der Waals surface area contributed by atoms with Gasteiger partial charge in [0.25, 0.3) is 5.56 Å². The van der Waals surface area contributed by atoms with Crippen LogP contribution in [-0.4, -0.2) is 33.0 Å². The van der Waals surface area contributed by atoms with Gasteiger partial charge >= 0.3 is 6.09 Å². The van der Waals surface area contributed by atoms with Crippen LogP contribution in [0.15, 0.2) is 40.2 Å². The van der Waals surface area contributed by atoms with Crippen molar-refractivity contribution < 1.29 is 14.3 Å². The van der Waals surface area contributed by atoms with Crippen LogP contribution in [0.2, 0.25) is 0 Å². The Labute approximate surface area is 179 Å². The van der Waals surface area contributed by atoms with Crippen LogP contribution in [0.4, 0.5) is 10.5 Å². The fourth-order valence-electron chi connectivity index (χ4n) is 3.22. The first-order valence-corrected chi connectivity index (χ1v) is 9.85. The number of amides is 2. The number of rotatable bonds is 4. The predicted octanol–water partition coefficient (Wildman–Crippen LogP) is 1.27. The van der Waals surface area contributed by atoms with E-state index in [0.29, 0.717) is 24.2 Å². The van der Waals surface area contributed by atoms with Gasteiger partial charge < -0.3 is 21.5 Å². The molecular weight excluding hydrogens is 400 g/mol. The summed E-state index contributed by atoms with van der Waals surface area (Å²) in [4.78, 5) is 44.5. The number of carbonyl (C=O) groups is 2. The molecule has 2 amide bonds. The Morgan fingerprint density at radius 1 is 1.29 bits per heavy atom. The lowest BCUT2D eigenvalue weighted by atomic mass is 10.1. The summed E-state index contributed by atoms with van der Waals surface area (Å²) in [6.07, 6.45) is 1.60. The fourth-order valence-corrected chi connectivity index (χ4v) is 3.22. The average Bonchev–Trinajstić information content (AvgIpc) is 3.12. The van der Waals surface area contributed by atoms with Crippen LogP contribution in [0.5, 0.6) is 0 Å². The van der Waals surface area contributed by atoms with Crippen molar-refractivity contribution in [2.45, 2.75) is 51.8 Å². The van der Waals surface area contributed by atoms with E-state index in [2.05, 4.69) is 15.3 Å². The van der Waals surface area contributed by atoms with Crippen molar-refractivity contribution in [1.82, 2.24) is 14.9 Å². The van der Waals surface area contributed by atoms with Gasteiger partial charge in [0.15, 0.2) is 0 Å². The number of carbonyl (C=O) groups excluding carboxylic acids is 2. The van der Waals surface area contributed by atoms with E-state index in [9.17, 15) is 14.4 Å². The van der Waals surface area contributed by atoms with E-state index in [1.807, 2.05) is 0 Å². The summed E-state index contributed by atoms with van der Waals surface area (Å²) in [7, 11) is 0. The topological polar surface area (TPSA) is 155 Å². The highest BCUT2D eigenvalue weighted by Crippen LogP contribution is 2.22. The van der Waals surface area contributed by atoms with E-state index in [1.165, 1.54) is 10.8 Å². The maximum Gasteiger partial charge on any atom is 0.436 e. The van der Waals surface area contributed by atoms with Crippen molar-refractivity contribution in [2.75, 3.05) is 5.73 Å². The van der Waals surface area contributed by atoms with Crippen LogP contribution in [0.1, 0.15) is 50.2 Å². The molecule has 5 N–H and O–H groups in total. The smallest absolute Gasteiger partial charge is 0.436 e. The van der Waals surface area contributed by atoms with Crippen LogP contribution in [-0.2, 0) is 22.5 Å². The molecule has 2 heterocycles. The summed E-state index contributed by atoms with van der Waals surface area (Å²) in [5.41, 5.74) is 11.9. The van der Waals surface area contributed by atoms with Gasteiger partial charge in [-0.15, -0.1) is 0 Å². The van der Waals surface area contributed by atoms with Crippen molar-refractivity contribution in [1.29, 1.82) is 0 Å². The number of nitrogen functional groups attached to an aromatic ring is 1. The second-order valence-corrected chi connectivity index (χ2v) is 8.25. The van der Waals surface area contributed by atoms with Crippen LogP contribution in [0.25, 0.3) is 0 Å². The van der Waals surface area contributed by atoms with E-state index in [1.54, 1.807) is 45.0 Å². The number of amidine groups is 1. The Bertz CT molecular complexity index is 1080. The molecule has 3 rings (SSSR count). The van der Waals surface area contributed by atoms with Crippen LogP contribution < -0.4 is 22.3 Å². The van der Waals surface area contributed by atoms with Gasteiger partial charge in [-0.05, 0) is 32.8 Å². The molecule has 0 saturated heterocycles. The molecule has 0 radical (unpaired) electrons. The maximum atomic E-state index is 12.6. The number of fused-ring (bicyclic) bond motifs is 1. The summed E-state index contributed by atoms with van der Waals surface area (Å²) >= 11 is 0. The minimum absolute atomic E-state index is 0.0182. The number of anilines is 1. The second-order valence-electron chi connectivity index (χ2n) is 8.25. The molecule has 1 aliphatic rings. The van der Waals surface area contributed by atoms with Crippen LogP contribution in [0.3, 0.4) is 0 Å². The Hall–Kier alpha value is -3.69. The highest BCUT2D eigenvalue weighted by atomic mass is 16.6. The van der Waals surface area contributed by atoms with Crippen LogP contribution >= 0.6 is 0 Å². The maximum absolute atomic E-state index is 12.6. The van der Waals surface area contributed by atoms with Crippen molar-refractivity contribution in [3.8, 4) is 0 Å². The van der Waals surface area contributed by atoms with Gasteiger partial charge in [-0.1, -0.05) is 24.3 Å². The third-order valence-electron chi connectivity index (χ3n) is 4.67. The van der Waals surface area contributed by atoms with E-state index in [4.69, 9.17) is 16.2 Å². The molecule has 1 aliphatic heterocycles. The van der Waals surface area contributed by atoms with E-state index >= 15 is 0 Å². The number of aryl methyl sites for hydroxylation is 1. The first-order chi connectivity index (χ1) is 14.5. The van der Waals surface area contributed by atoms with Gasteiger partial charge in [0.1, 0.15) is 29.0 Å². The van der Waals surface area contributed by atoms with E-state index in [0.717, 1.165) is 5.56 Å². The van der Waals surface area contributed by atoms with Crippen molar-refractivity contribution in [3.63, 3.8) is 0 Å². The summed E-state index contributed by atoms with van der Waals surface area (Å²) in [5, 5.41) is 2.83. The lowest BCUT2D eigenvalue weighted by Gasteiger charge is -2.17. The predicted molar refractivity (Wildman–Crippen MR) is 116 cm³/mol. The highest BCUT2D eigenvalue weighted by molar-refractivity contribution is 6.02. The first kappa shape index (κ1) is 22.0. The van der Waals surface area contributed by atoms with E-state index < -0.39 is 23.3 Å². The minimum atomic E-state index is -0.761. The zero-order chi connectivity index (χ0) is 22.8. The Morgan fingerprint density at radius 3 is 2.61 bits per heavy atom. The van der Waals surface area contributed by atoms with Gasteiger partial charge in [0.2, 0.25) is 5.91 Å². The highest BCUT2D eigenvalue weighted by Gasteiger charge is 2.30. The molecule has 0 unspecified atom stereocenters. The van der Waals surface area contributed by atoms with Crippen molar-refractivity contribution >= 4 is 23.5 Å². The number of hydrogen-bond acceptors (Lipinski definition) is 6. The molecule has 10 nitrogen and oxygen atoms in total. The number of hydrogen-bond donors (Lipinski definition) is 3. The largest absolute Gasteiger partial charge is 0.442 e. The quantitative estimate of drug-likeness (QED) is 0.491. The number of aromatic nitrogens is 2. The number of ether oxygens (including phenoxy) is 1. The summed E-state index contributed by atoms with van der Waals surface area (Å²) in [5.74, 6) is 0.323. The normalized spacial score (nSPS) is 16.0. The number of nitrogens with two attached hydrogens (primary N) is 2. The van der Waals surface area contributed by atoms with Crippen LogP contribution in [0, 0.1) is 0 Å². The fraction of sp³-hybridized carbons (Fsp3) is 0.381. The third-order valence-corrected chi connectivity index (χ3v) is 4.67. The number of nitrogens with one attached hydrogen (secondary N) is 1. The van der Waals surface area contributed by atoms with Crippen molar-refractivity contribution in [3.05, 3.63) is 57.8 Å². The zero-order valence-electron chi connectivity index (χ0n) is 17.7. The molecule has 0 aliphatic carbocycles. The SMILES string of the molecule is CC(C)(C)OC(=O)N=C(N)c1ccc(CNC(=O)[C@@H]2CCc3ncc(N)c(=O)n32)cc1. The summed E-state index contributed by atoms with van der Waals surface area (Å²) < 4.78 is 6.48. The van der Waals surface area contributed by atoms with E-state index in [-0.39, 0.29) is 24.0 Å². The molecule has 1 aromatic carbocycles. The Kier molecular flexibility index (Phi) is 6.09. The number of aliphatic imine (C=N–C) groups is 1. The first-order valence-electron chi connectivity index (χ1n) is 9.85. The molecule has 1 atom stereocenters. The van der Waals surface area contributed by atoms with Gasteiger partial charge in [-0.3, -0.25) is 14.2 Å².